The molecule has 2 aromatic rings. The third-order valence-electron chi connectivity index (χ3n) is 6.37. The third kappa shape index (κ3) is 7.82. The lowest BCUT2D eigenvalue weighted by atomic mass is 9.90. The number of aromatic nitrogens is 2. The number of rotatable bonds is 13. The predicted octanol–water partition coefficient (Wildman–Crippen LogP) is 5.35. The van der Waals surface area contributed by atoms with E-state index in [2.05, 4.69) is 64.8 Å². The maximum absolute atomic E-state index is 13.7. The van der Waals surface area contributed by atoms with E-state index in [4.69, 9.17) is 0 Å². The van der Waals surface area contributed by atoms with Gasteiger partial charge in [0.2, 0.25) is 5.91 Å². The lowest BCUT2D eigenvalue weighted by Crippen LogP contribution is -2.44. The van der Waals surface area contributed by atoms with Gasteiger partial charge in [0.25, 0.3) is 0 Å². The number of carbonyl (C=O) groups is 2. The number of carbonyl (C=O) groups excluding carboxylic acids is 2. The van der Waals surface area contributed by atoms with Gasteiger partial charge in [0, 0.05) is 38.7 Å². The smallest absolute Gasteiger partial charge is 0.233 e. The Morgan fingerprint density at radius 1 is 0.971 bits per heavy atom. The van der Waals surface area contributed by atoms with Gasteiger partial charge >= 0.3 is 0 Å². The number of aryl methyl sites for hydroxylation is 5. The van der Waals surface area contributed by atoms with Crippen LogP contribution in [-0.4, -0.2) is 39.5 Å². The molecule has 1 unspecified atom stereocenters. The van der Waals surface area contributed by atoms with E-state index in [9.17, 15) is 9.59 Å². The van der Waals surface area contributed by atoms with Crippen LogP contribution in [0.2, 0.25) is 0 Å². The molecule has 0 fully saturated rings. The standard InChI is InChI=1S/C29H45N3O2/c1-9-24-13-11-23(16-25(24)10-2)12-14-28(33)27(17-26-15-22(7)30-31(26)8)29(34)32(18-20(3)4)19-21(5)6/h11,13,15-16,20-21,27H,9-10,12,14,17-19H2,1-8H3. The van der Waals surface area contributed by atoms with Crippen molar-refractivity contribution in [3.8, 4) is 0 Å². The summed E-state index contributed by atoms with van der Waals surface area (Å²) < 4.78 is 1.80. The van der Waals surface area contributed by atoms with Crippen LogP contribution < -0.4 is 0 Å². The lowest BCUT2D eigenvalue weighted by Gasteiger charge is -2.30. The molecule has 188 valence electrons. The van der Waals surface area contributed by atoms with Gasteiger partial charge in [0.05, 0.1) is 5.69 Å². The molecule has 0 aliphatic heterocycles. The molecule has 0 saturated heterocycles. The fraction of sp³-hybridized carbons (Fsp3) is 0.621. The number of nitrogens with zero attached hydrogens (tertiary/aromatic N) is 3. The summed E-state index contributed by atoms with van der Waals surface area (Å²) in [4.78, 5) is 29.2. The molecule has 2 rings (SSSR count). The maximum Gasteiger partial charge on any atom is 0.233 e. The second kappa shape index (κ2) is 12.9. The van der Waals surface area contributed by atoms with Crippen molar-refractivity contribution in [2.24, 2.45) is 24.8 Å². The Balaban J connectivity index is 2.27. The Bertz CT molecular complexity index is 948. The van der Waals surface area contributed by atoms with E-state index >= 15 is 0 Å². The summed E-state index contributed by atoms with van der Waals surface area (Å²) >= 11 is 0. The molecule has 0 bridgehead atoms. The summed E-state index contributed by atoms with van der Waals surface area (Å²) in [5.41, 5.74) is 5.73. The molecule has 5 heteroatoms. The normalized spacial score (nSPS) is 12.4. The summed E-state index contributed by atoms with van der Waals surface area (Å²) in [7, 11) is 1.88. The number of Topliss-reactive ketones (excluding diaryl/α,β-unsaturated/α-hetero) is 1. The van der Waals surface area contributed by atoms with Crippen molar-refractivity contribution < 1.29 is 9.59 Å². The second-order valence-electron chi connectivity index (χ2n) is 10.5. The van der Waals surface area contributed by atoms with Gasteiger partial charge < -0.3 is 4.90 Å². The van der Waals surface area contributed by atoms with Gasteiger partial charge in [-0.3, -0.25) is 14.3 Å². The van der Waals surface area contributed by atoms with Crippen LogP contribution in [-0.2, 0) is 42.3 Å². The summed E-state index contributed by atoms with van der Waals surface area (Å²) in [6.45, 7) is 16.1. The van der Waals surface area contributed by atoms with Gasteiger partial charge in [0.1, 0.15) is 11.7 Å². The van der Waals surface area contributed by atoms with Crippen LogP contribution >= 0.6 is 0 Å². The van der Waals surface area contributed by atoms with Gasteiger partial charge in [-0.15, -0.1) is 0 Å². The molecule has 0 radical (unpaired) electrons. The molecule has 1 heterocycles. The molecule has 1 aromatic carbocycles. The largest absolute Gasteiger partial charge is 0.342 e. The maximum atomic E-state index is 13.7. The first-order valence-corrected chi connectivity index (χ1v) is 13.0. The monoisotopic (exact) mass is 467 g/mol. The minimum absolute atomic E-state index is 0.0268. The highest BCUT2D eigenvalue weighted by Gasteiger charge is 2.32. The van der Waals surface area contributed by atoms with E-state index in [-0.39, 0.29) is 11.7 Å². The SMILES string of the molecule is CCc1ccc(CCC(=O)C(Cc2cc(C)nn2C)C(=O)N(CC(C)C)CC(C)C)cc1CC. The van der Waals surface area contributed by atoms with E-state index in [1.165, 1.54) is 16.7 Å². The Hall–Kier alpha value is -2.43. The first kappa shape index (κ1) is 27.8. The first-order chi connectivity index (χ1) is 16.0. The topological polar surface area (TPSA) is 55.2 Å². The van der Waals surface area contributed by atoms with Crippen molar-refractivity contribution in [3.63, 3.8) is 0 Å². The van der Waals surface area contributed by atoms with Gasteiger partial charge in [-0.2, -0.15) is 5.10 Å². The van der Waals surface area contributed by atoms with E-state index < -0.39 is 5.92 Å². The quantitative estimate of drug-likeness (QED) is 0.373. The number of hydrogen-bond donors (Lipinski definition) is 0. The summed E-state index contributed by atoms with van der Waals surface area (Å²) in [6.07, 6.45) is 3.45. The highest BCUT2D eigenvalue weighted by Crippen LogP contribution is 2.20. The third-order valence-corrected chi connectivity index (χ3v) is 6.37. The highest BCUT2D eigenvalue weighted by molar-refractivity contribution is 6.01. The summed E-state index contributed by atoms with van der Waals surface area (Å²) in [5, 5.41) is 4.43. The molecule has 1 aromatic heterocycles. The van der Waals surface area contributed by atoms with E-state index in [1.807, 2.05) is 24.9 Å². The van der Waals surface area contributed by atoms with Crippen LogP contribution in [0.15, 0.2) is 24.3 Å². The second-order valence-corrected chi connectivity index (χ2v) is 10.5. The van der Waals surface area contributed by atoms with Crippen molar-refractivity contribution in [2.75, 3.05) is 13.1 Å². The number of amides is 1. The Morgan fingerprint density at radius 3 is 2.09 bits per heavy atom. The number of ketones is 1. The van der Waals surface area contributed by atoms with Crippen LogP contribution in [0, 0.1) is 24.7 Å². The van der Waals surface area contributed by atoms with Crippen molar-refractivity contribution in [1.82, 2.24) is 14.7 Å². The zero-order chi connectivity index (χ0) is 25.4. The van der Waals surface area contributed by atoms with Crippen LogP contribution in [0.5, 0.6) is 0 Å². The Labute approximate surface area is 206 Å². The van der Waals surface area contributed by atoms with Crippen molar-refractivity contribution >= 4 is 11.7 Å². The van der Waals surface area contributed by atoms with E-state index in [0.29, 0.717) is 44.2 Å². The molecule has 5 nitrogen and oxygen atoms in total. The summed E-state index contributed by atoms with van der Waals surface area (Å²) in [6, 6.07) is 8.54. The molecule has 1 amide bonds. The van der Waals surface area contributed by atoms with Gasteiger partial charge in [-0.05, 0) is 60.8 Å². The number of hydrogen-bond acceptors (Lipinski definition) is 3. The van der Waals surface area contributed by atoms with Crippen LogP contribution in [0.25, 0.3) is 0 Å². The molecule has 34 heavy (non-hydrogen) atoms. The minimum Gasteiger partial charge on any atom is -0.342 e. The fourth-order valence-corrected chi connectivity index (χ4v) is 4.71. The predicted molar refractivity (Wildman–Crippen MR) is 140 cm³/mol. The lowest BCUT2D eigenvalue weighted by molar-refractivity contribution is -0.142. The summed E-state index contributed by atoms with van der Waals surface area (Å²) in [5.74, 6) is 0.0116. The molecular formula is C29H45N3O2. The highest BCUT2D eigenvalue weighted by atomic mass is 16.2. The van der Waals surface area contributed by atoms with Crippen molar-refractivity contribution in [1.29, 1.82) is 0 Å². The van der Waals surface area contributed by atoms with Gasteiger partial charge in [-0.1, -0.05) is 59.7 Å². The van der Waals surface area contributed by atoms with Crippen molar-refractivity contribution in [3.05, 3.63) is 52.3 Å². The fourth-order valence-electron chi connectivity index (χ4n) is 4.71. The molecule has 0 N–H and O–H groups in total. The zero-order valence-electron chi connectivity index (χ0n) is 22.6. The number of benzene rings is 1. The van der Waals surface area contributed by atoms with Crippen LogP contribution in [0.3, 0.4) is 0 Å². The molecule has 0 aliphatic carbocycles. The average molecular weight is 468 g/mol. The van der Waals surface area contributed by atoms with Crippen LogP contribution in [0.1, 0.15) is 76.0 Å². The Morgan fingerprint density at radius 2 is 1.59 bits per heavy atom. The molecular weight excluding hydrogens is 422 g/mol. The van der Waals surface area contributed by atoms with E-state index in [0.717, 1.165) is 24.2 Å². The van der Waals surface area contributed by atoms with E-state index in [1.54, 1.807) is 4.68 Å². The van der Waals surface area contributed by atoms with Crippen LogP contribution in [0.4, 0.5) is 0 Å². The molecule has 1 atom stereocenters. The van der Waals surface area contributed by atoms with Gasteiger partial charge in [-0.25, -0.2) is 0 Å². The van der Waals surface area contributed by atoms with Gasteiger partial charge in [0.15, 0.2) is 0 Å². The molecule has 0 spiro atoms. The Kier molecular flexibility index (Phi) is 10.5. The molecule has 0 aliphatic rings. The molecule has 0 saturated carbocycles. The average Bonchev–Trinajstić information content (AvgIpc) is 3.10. The zero-order valence-corrected chi connectivity index (χ0v) is 22.6. The first-order valence-electron chi connectivity index (χ1n) is 13.0. The van der Waals surface area contributed by atoms with Crippen molar-refractivity contribution in [2.45, 2.75) is 80.6 Å². The minimum atomic E-state index is -0.673.